The van der Waals surface area contributed by atoms with Crippen LogP contribution in [0.1, 0.15) is 0 Å². The van der Waals surface area contributed by atoms with Crippen LogP contribution in [0.3, 0.4) is 0 Å². The number of fused-ring (bicyclic) bond motifs is 6. The molecule has 0 aliphatic rings. The van der Waals surface area contributed by atoms with Crippen molar-refractivity contribution in [2.75, 3.05) is 0 Å². The van der Waals surface area contributed by atoms with Gasteiger partial charge in [0.1, 0.15) is 0 Å². The lowest BCUT2D eigenvalue weighted by molar-refractivity contribution is 1.65. The van der Waals surface area contributed by atoms with Crippen molar-refractivity contribution >= 4 is 53.9 Å². The highest BCUT2D eigenvalue weighted by Crippen LogP contribution is 2.39. The molecule has 204 valence electrons. The van der Waals surface area contributed by atoms with Gasteiger partial charge in [0.2, 0.25) is 0 Å². The Kier molecular flexibility index (Phi) is 5.61. The second-order valence-corrected chi connectivity index (χ2v) is 11.8. The van der Waals surface area contributed by atoms with Crippen LogP contribution in [0.2, 0.25) is 0 Å². The summed E-state index contributed by atoms with van der Waals surface area (Å²) in [6.45, 7) is 0. The summed E-state index contributed by atoms with van der Waals surface area (Å²) in [5.41, 5.74) is 7.52. The molecular weight excluding hydrogens is 528 g/mol. The molecule has 9 aromatic carbocycles. The zero-order valence-electron chi connectivity index (χ0n) is 24.2. The van der Waals surface area contributed by atoms with Crippen molar-refractivity contribution in [2.45, 2.75) is 0 Å². The summed E-state index contributed by atoms with van der Waals surface area (Å²) in [4.78, 5) is 0. The molecular formula is C44H28. The molecule has 0 amide bonds. The van der Waals surface area contributed by atoms with E-state index in [1.165, 1.54) is 87.2 Å². The van der Waals surface area contributed by atoms with Gasteiger partial charge in [0.05, 0.1) is 0 Å². The highest BCUT2D eigenvalue weighted by atomic mass is 14.2. The van der Waals surface area contributed by atoms with Gasteiger partial charge in [0, 0.05) is 0 Å². The van der Waals surface area contributed by atoms with Gasteiger partial charge in [-0.3, -0.25) is 0 Å². The maximum Gasteiger partial charge on any atom is -0.00992 e. The third-order valence-corrected chi connectivity index (χ3v) is 9.21. The minimum absolute atomic E-state index is 1.24. The van der Waals surface area contributed by atoms with Crippen LogP contribution in [0.15, 0.2) is 170 Å². The van der Waals surface area contributed by atoms with Crippen molar-refractivity contribution in [3.05, 3.63) is 170 Å². The van der Waals surface area contributed by atoms with Crippen LogP contribution in [-0.4, -0.2) is 0 Å². The molecule has 0 atom stereocenters. The Hall–Kier alpha value is -5.72. The summed E-state index contributed by atoms with van der Waals surface area (Å²) in [7, 11) is 0. The highest BCUT2D eigenvalue weighted by molar-refractivity contribution is 6.11. The molecule has 0 heteroatoms. The number of hydrogen-bond donors (Lipinski definition) is 0. The van der Waals surface area contributed by atoms with E-state index in [0.717, 1.165) is 0 Å². The van der Waals surface area contributed by atoms with E-state index in [1.807, 2.05) is 0 Å². The van der Waals surface area contributed by atoms with Crippen LogP contribution in [-0.2, 0) is 0 Å². The molecule has 0 unspecified atom stereocenters. The molecule has 0 saturated carbocycles. The summed E-state index contributed by atoms with van der Waals surface area (Å²) in [5.74, 6) is 0. The molecule has 0 aromatic heterocycles. The van der Waals surface area contributed by atoms with Gasteiger partial charge in [0.15, 0.2) is 0 Å². The van der Waals surface area contributed by atoms with E-state index >= 15 is 0 Å². The minimum atomic E-state index is 1.24. The average molecular weight is 557 g/mol. The van der Waals surface area contributed by atoms with E-state index in [1.54, 1.807) is 0 Å². The fourth-order valence-corrected chi connectivity index (χ4v) is 6.95. The Bertz CT molecular complexity index is 2550. The largest absolute Gasteiger partial charge is 0.0616 e. The van der Waals surface area contributed by atoms with Gasteiger partial charge >= 0.3 is 0 Å². The van der Waals surface area contributed by atoms with Gasteiger partial charge < -0.3 is 0 Å². The van der Waals surface area contributed by atoms with Gasteiger partial charge in [0.25, 0.3) is 0 Å². The van der Waals surface area contributed by atoms with E-state index in [-0.39, 0.29) is 0 Å². The van der Waals surface area contributed by atoms with Crippen molar-refractivity contribution in [2.24, 2.45) is 0 Å². The second-order valence-electron chi connectivity index (χ2n) is 11.8. The molecule has 0 saturated heterocycles. The minimum Gasteiger partial charge on any atom is -0.0616 e. The number of hydrogen-bond acceptors (Lipinski definition) is 0. The van der Waals surface area contributed by atoms with Crippen LogP contribution < -0.4 is 0 Å². The van der Waals surface area contributed by atoms with E-state index in [9.17, 15) is 0 Å². The van der Waals surface area contributed by atoms with Gasteiger partial charge in [-0.05, 0) is 112 Å². The predicted octanol–water partition coefficient (Wildman–Crippen LogP) is 12.5. The maximum absolute atomic E-state index is 2.35. The molecule has 0 fully saturated rings. The summed E-state index contributed by atoms with van der Waals surface area (Å²) in [6.07, 6.45) is 0. The Morgan fingerprint density at radius 3 is 1.14 bits per heavy atom. The van der Waals surface area contributed by atoms with Crippen LogP contribution in [0, 0.1) is 0 Å². The molecule has 0 heterocycles. The molecule has 0 aliphatic carbocycles. The summed E-state index contributed by atoms with van der Waals surface area (Å²) in [6, 6.07) is 62.4. The molecule has 0 N–H and O–H groups in total. The lowest BCUT2D eigenvalue weighted by Crippen LogP contribution is -1.87. The predicted molar refractivity (Wildman–Crippen MR) is 190 cm³/mol. The van der Waals surface area contributed by atoms with E-state index in [4.69, 9.17) is 0 Å². The standard InChI is InChI=1S/C44H28/c1-3-9-31-25-33(15-13-29(31)7-1)34-19-21-39-35(27-34)17-18-37-28-38(20-22-40(37)39)42-24-23-41(43-11-5-6-12-44(42)43)36-16-14-30-8-2-4-10-32(30)26-36/h1-28H. The van der Waals surface area contributed by atoms with Crippen molar-refractivity contribution < 1.29 is 0 Å². The lowest BCUT2D eigenvalue weighted by Gasteiger charge is -2.14. The van der Waals surface area contributed by atoms with E-state index in [0.29, 0.717) is 0 Å². The molecule has 0 spiro atoms. The number of rotatable bonds is 3. The summed E-state index contributed by atoms with van der Waals surface area (Å²) >= 11 is 0. The van der Waals surface area contributed by atoms with Crippen LogP contribution in [0.4, 0.5) is 0 Å². The van der Waals surface area contributed by atoms with Crippen LogP contribution >= 0.6 is 0 Å². The van der Waals surface area contributed by atoms with Gasteiger partial charge in [-0.15, -0.1) is 0 Å². The molecule has 9 aromatic rings. The normalized spacial score (nSPS) is 11.6. The Labute approximate surface area is 256 Å². The third kappa shape index (κ3) is 4.07. The van der Waals surface area contributed by atoms with Gasteiger partial charge in [-0.1, -0.05) is 146 Å². The fraction of sp³-hybridized carbons (Fsp3) is 0. The molecule has 0 nitrogen and oxygen atoms in total. The molecule has 0 bridgehead atoms. The van der Waals surface area contributed by atoms with Crippen molar-refractivity contribution in [1.29, 1.82) is 0 Å². The van der Waals surface area contributed by atoms with E-state index in [2.05, 4.69) is 170 Å². The Morgan fingerprint density at radius 2 is 0.568 bits per heavy atom. The maximum atomic E-state index is 2.35. The first-order valence-electron chi connectivity index (χ1n) is 15.3. The van der Waals surface area contributed by atoms with Gasteiger partial charge in [-0.25, -0.2) is 0 Å². The average Bonchev–Trinajstić information content (AvgIpc) is 3.10. The Morgan fingerprint density at radius 1 is 0.205 bits per heavy atom. The SMILES string of the molecule is c1ccc2cc(-c3ccc4c(ccc5cc(-c6ccc(-c7ccc8ccccc8c7)c7ccccc67)ccc54)c3)ccc2c1. The monoisotopic (exact) mass is 556 g/mol. The molecule has 0 aliphatic heterocycles. The van der Waals surface area contributed by atoms with Crippen molar-refractivity contribution in [3.63, 3.8) is 0 Å². The third-order valence-electron chi connectivity index (χ3n) is 9.21. The fourth-order valence-electron chi connectivity index (χ4n) is 6.95. The van der Waals surface area contributed by atoms with Crippen molar-refractivity contribution in [1.82, 2.24) is 0 Å². The quantitative estimate of drug-likeness (QED) is 0.190. The Balaban J connectivity index is 1.13. The lowest BCUT2D eigenvalue weighted by atomic mass is 9.90. The molecule has 0 radical (unpaired) electrons. The topological polar surface area (TPSA) is 0 Å². The highest BCUT2D eigenvalue weighted by Gasteiger charge is 2.12. The van der Waals surface area contributed by atoms with Gasteiger partial charge in [-0.2, -0.15) is 0 Å². The zero-order valence-corrected chi connectivity index (χ0v) is 24.2. The first-order chi connectivity index (χ1) is 21.8. The summed E-state index contributed by atoms with van der Waals surface area (Å²) in [5, 5.41) is 12.7. The van der Waals surface area contributed by atoms with Crippen molar-refractivity contribution in [3.8, 4) is 33.4 Å². The van der Waals surface area contributed by atoms with Crippen LogP contribution in [0.25, 0.3) is 87.2 Å². The zero-order chi connectivity index (χ0) is 29.0. The smallest absolute Gasteiger partial charge is 0.00992 e. The van der Waals surface area contributed by atoms with E-state index < -0.39 is 0 Å². The second kappa shape index (κ2) is 9.93. The first-order valence-corrected chi connectivity index (χ1v) is 15.3. The number of benzene rings is 9. The molecule has 9 rings (SSSR count). The molecule has 44 heavy (non-hydrogen) atoms. The van der Waals surface area contributed by atoms with Crippen LogP contribution in [0.5, 0.6) is 0 Å². The first kappa shape index (κ1) is 24.8. The summed E-state index contributed by atoms with van der Waals surface area (Å²) < 4.78 is 0.